The first-order valence-electron chi connectivity index (χ1n) is 7.07. The molecule has 2 N–H and O–H groups in total. The van der Waals surface area contributed by atoms with Crippen molar-refractivity contribution in [3.8, 4) is 11.1 Å². The lowest BCUT2D eigenvalue weighted by molar-refractivity contribution is -0.142. The molecule has 0 bridgehead atoms. The van der Waals surface area contributed by atoms with Crippen LogP contribution in [0.15, 0.2) is 42.6 Å². The van der Waals surface area contributed by atoms with Crippen LogP contribution < -0.4 is 10.6 Å². The van der Waals surface area contributed by atoms with Gasteiger partial charge in [-0.3, -0.25) is 4.79 Å². The molecule has 0 aliphatic carbocycles. The van der Waals surface area contributed by atoms with E-state index in [1.807, 2.05) is 61.6 Å². The molecule has 0 unspecified atom stereocenters. The minimum absolute atomic E-state index is 0. The quantitative estimate of drug-likeness (QED) is 0.818. The molecule has 0 saturated heterocycles. The summed E-state index contributed by atoms with van der Waals surface area (Å²) in [5.74, 6) is 0.525. The normalized spacial score (nSPS) is 10.8. The lowest BCUT2D eigenvalue weighted by Gasteiger charge is -2.12. The zero-order valence-electron chi connectivity index (χ0n) is 13.9. The van der Waals surface area contributed by atoms with Crippen LogP contribution in [0.25, 0.3) is 11.1 Å². The van der Waals surface area contributed by atoms with E-state index in [4.69, 9.17) is 5.73 Å². The maximum atomic E-state index is 11.3. The Hall–Kier alpha value is -1.82. The summed E-state index contributed by atoms with van der Waals surface area (Å²) >= 11 is 0. The largest absolute Gasteiger partial charge is 0.468 e. The summed E-state index contributed by atoms with van der Waals surface area (Å²) in [4.78, 5) is 17.7. The fourth-order valence-electron chi connectivity index (χ4n) is 2.14. The van der Waals surface area contributed by atoms with E-state index >= 15 is 0 Å². The molecular formula is C17H23Cl2N3O2. The maximum Gasteiger partial charge on any atom is 0.322 e. The number of esters is 1. The van der Waals surface area contributed by atoms with Crippen molar-refractivity contribution in [1.82, 2.24) is 4.98 Å². The van der Waals surface area contributed by atoms with Gasteiger partial charge < -0.3 is 15.4 Å². The van der Waals surface area contributed by atoms with Crippen molar-refractivity contribution in [3.63, 3.8) is 0 Å². The molecule has 2 aromatic rings. The first-order chi connectivity index (χ1) is 10.5. The number of carbonyl (C=O) groups excluding carboxylic acids is 1. The first kappa shape index (κ1) is 22.2. The van der Waals surface area contributed by atoms with E-state index in [1.54, 1.807) is 0 Å². The summed E-state index contributed by atoms with van der Waals surface area (Å²) in [6.45, 7) is 0. The highest BCUT2D eigenvalue weighted by Gasteiger charge is 2.14. The predicted molar refractivity (Wildman–Crippen MR) is 102 cm³/mol. The molecule has 5 nitrogen and oxygen atoms in total. The summed E-state index contributed by atoms with van der Waals surface area (Å²) in [5, 5.41) is 0. The number of methoxy groups -OCH3 is 1. The summed E-state index contributed by atoms with van der Waals surface area (Å²) < 4.78 is 4.63. The second kappa shape index (κ2) is 10.1. The van der Waals surface area contributed by atoms with Gasteiger partial charge in [-0.05, 0) is 29.7 Å². The topological polar surface area (TPSA) is 68.5 Å². The Balaban J connectivity index is 0.00000264. The van der Waals surface area contributed by atoms with Gasteiger partial charge >= 0.3 is 5.97 Å². The Morgan fingerprint density at radius 2 is 1.71 bits per heavy atom. The smallest absolute Gasteiger partial charge is 0.322 e. The number of benzene rings is 1. The highest BCUT2D eigenvalue weighted by Crippen LogP contribution is 2.21. The van der Waals surface area contributed by atoms with Crippen molar-refractivity contribution in [2.24, 2.45) is 5.73 Å². The predicted octanol–water partition coefficient (Wildman–Crippen LogP) is 2.70. The number of rotatable bonds is 5. The Morgan fingerprint density at radius 1 is 1.12 bits per heavy atom. The third kappa shape index (κ3) is 5.67. The zero-order valence-corrected chi connectivity index (χ0v) is 15.6. The summed E-state index contributed by atoms with van der Waals surface area (Å²) in [6, 6.07) is 11.3. The van der Waals surface area contributed by atoms with Gasteiger partial charge in [-0.15, -0.1) is 24.8 Å². The van der Waals surface area contributed by atoms with Crippen molar-refractivity contribution in [1.29, 1.82) is 0 Å². The number of carbonyl (C=O) groups is 1. The van der Waals surface area contributed by atoms with Crippen LogP contribution in [0.4, 0.5) is 5.82 Å². The number of hydrogen-bond donors (Lipinski definition) is 1. The molecular weight excluding hydrogens is 349 g/mol. The van der Waals surface area contributed by atoms with Crippen LogP contribution in [-0.2, 0) is 16.0 Å². The molecule has 0 aliphatic heterocycles. The molecule has 7 heteroatoms. The highest BCUT2D eigenvalue weighted by molar-refractivity contribution is 5.85. The molecule has 1 atom stereocenters. The summed E-state index contributed by atoms with van der Waals surface area (Å²) in [5.41, 5.74) is 8.89. The van der Waals surface area contributed by atoms with E-state index in [0.29, 0.717) is 6.42 Å². The molecule has 132 valence electrons. The Kier molecular flexibility index (Phi) is 9.36. The molecule has 0 spiro atoms. The Morgan fingerprint density at radius 3 is 2.17 bits per heavy atom. The van der Waals surface area contributed by atoms with E-state index < -0.39 is 12.0 Å². The van der Waals surface area contributed by atoms with Gasteiger partial charge in [0.05, 0.1) is 7.11 Å². The van der Waals surface area contributed by atoms with E-state index in [0.717, 1.165) is 22.5 Å². The average molecular weight is 372 g/mol. The van der Waals surface area contributed by atoms with Gasteiger partial charge in [-0.2, -0.15) is 0 Å². The molecule has 1 aromatic carbocycles. The second-order valence-corrected chi connectivity index (χ2v) is 5.33. The van der Waals surface area contributed by atoms with E-state index in [2.05, 4.69) is 9.72 Å². The van der Waals surface area contributed by atoms with Crippen molar-refractivity contribution in [2.45, 2.75) is 12.5 Å². The number of nitrogens with two attached hydrogens (primary N) is 1. The third-order valence-corrected chi connectivity index (χ3v) is 3.45. The van der Waals surface area contributed by atoms with Gasteiger partial charge in [0.25, 0.3) is 0 Å². The van der Waals surface area contributed by atoms with E-state index in [-0.39, 0.29) is 24.8 Å². The SMILES string of the molecule is COC(=O)[C@@H](N)Cc1ccc(-c2ccc(N(C)C)nc2)cc1.Cl.Cl. The minimum Gasteiger partial charge on any atom is -0.468 e. The summed E-state index contributed by atoms with van der Waals surface area (Å²) in [7, 11) is 5.26. The number of nitrogens with zero attached hydrogens (tertiary/aromatic N) is 2. The van der Waals surface area contributed by atoms with Crippen molar-refractivity contribution in [3.05, 3.63) is 48.2 Å². The minimum atomic E-state index is -0.628. The van der Waals surface area contributed by atoms with Gasteiger partial charge in [0.15, 0.2) is 0 Å². The summed E-state index contributed by atoms with van der Waals surface area (Å²) in [6.07, 6.45) is 2.31. The van der Waals surface area contributed by atoms with Crippen molar-refractivity contribution >= 4 is 36.6 Å². The first-order valence-corrected chi connectivity index (χ1v) is 7.07. The zero-order chi connectivity index (χ0) is 16.1. The second-order valence-electron chi connectivity index (χ2n) is 5.33. The van der Waals surface area contributed by atoms with Crippen molar-refractivity contribution < 1.29 is 9.53 Å². The number of hydrogen-bond acceptors (Lipinski definition) is 5. The van der Waals surface area contributed by atoms with Crippen LogP contribution in [-0.4, -0.2) is 38.2 Å². The number of halogens is 2. The number of pyridine rings is 1. The molecule has 0 saturated carbocycles. The van der Waals surface area contributed by atoms with Crippen LogP contribution in [0.3, 0.4) is 0 Å². The fourth-order valence-corrected chi connectivity index (χ4v) is 2.14. The van der Waals surface area contributed by atoms with Crippen LogP contribution in [0.2, 0.25) is 0 Å². The molecule has 1 heterocycles. The molecule has 24 heavy (non-hydrogen) atoms. The number of aromatic nitrogens is 1. The van der Waals surface area contributed by atoms with Gasteiger partial charge in [-0.25, -0.2) is 4.98 Å². The van der Waals surface area contributed by atoms with Crippen LogP contribution in [0.5, 0.6) is 0 Å². The molecule has 0 radical (unpaired) electrons. The molecule has 0 fully saturated rings. The van der Waals surface area contributed by atoms with Gasteiger partial charge in [-0.1, -0.05) is 24.3 Å². The standard InChI is InChI=1S/C17H21N3O2.2ClH/c1-20(2)16-9-8-14(11-19-16)13-6-4-12(5-7-13)10-15(18)17(21)22-3;;/h4-9,11,15H,10,18H2,1-3H3;2*1H/t15-;;/m0../s1. The van der Waals surface area contributed by atoms with Gasteiger partial charge in [0, 0.05) is 25.9 Å². The van der Waals surface area contributed by atoms with Crippen LogP contribution in [0, 0.1) is 0 Å². The maximum absolute atomic E-state index is 11.3. The molecule has 2 rings (SSSR count). The number of ether oxygens (including phenoxy) is 1. The third-order valence-electron chi connectivity index (χ3n) is 3.45. The van der Waals surface area contributed by atoms with Crippen LogP contribution in [0.1, 0.15) is 5.56 Å². The van der Waals surface area contributed by atoms with E-state index in [9.17, 15) is 4.79 Å². The monoisotopic (exact) mass is 371 g/mol. The van der Waals surface area contributed by atoms with Crippen LogP contribution >= 0.6 is 24.8 Å². The molecule has 1 aromatic heterocycles. The van der Waals surface area contributed by atoms with Gasteiger partial charge in [0.1, 0.15) is 11.9 Å². The molecule has 0 amide bonds. The Bertz CT molecular complexity index is 631. The van der Waals surface area contributed by atoms with E-state index in [1.165, 1.54) is 7.11 Å². The lowest BCUT2D eigenvalue weighted by atomic mass is 10.0. The van der Waals surface area contributed by atoms with Crippen molar-refractivity contribution in [2.75, 3.05) is 26.1 Å². The lowest BCUT2D eigenvalue weighted by Crippen LogP contribution is -2.33. The fraction of sp³-hybridized carbons (Fsp3) is 0.294. The number of anilines is 1. The molecule has 0 aliphatic rings. The Labute approximate surface area is 155 Å². The van der Waals surface area contributed by atoms with Gasteiger partial charge in [0.2, 0.25) is 0 Å². The highest BCUT2D eigenvalue weighted by atomic mass is 35.5. The average Bonchev–Trinajstić information content (AvgIpc) is 2.54.